The van der Waals surface area contributed by atoms with Crippen LogP contribution < -0.4 is 169 Å². The van der Waals surface area contributed by atoms with Crippen molar-refractivity contribution < 1.29 is 173 Å². The van der Waals surface area contributed by atoms with Gasteiger partial charge in [0.05, 0.1) is 0 Å². The summed E-state index contributed by atoms with van der Waals surface area (Å²) in [5.74, 6) is 0. The van der Waals surface area contributed by atoms with Gasteiger partial charge in [0.2, 0.25) is 0 Å². The zero-order valence-electron chi connectivity index (χ0n) is 7.12. The van der Waals surface area contributed by atoms with E-state index in [1.165, 1.54) is 6.08 Å². The fourth-order valence-electron chi connectivity index (χ4n) is 0.161. The van der Waals surface area contributed by atoms with Crippen molar-refractivity contribution in [3.05, 3.63) is 12.7 Å². The van der Waals surface area contributed by atoms with E-state index in [1.54, 1.807) is 0 Å². The average Bonchev–Trinajstić information content (AvgIpc) is 1.59. The Morgan fingerprint density at radius 1 is 1.18 bits per heavy atom. The molecular weight excluding hydrogens is 245 g/mol. The van der Waals surface area contributed by atoms with Crippen molar-refractivity contribution in [2.24, 2.45) is 0 Å². The Morgan fingerprint density at radius 3 is 1.64 bits per heavy atom. The van der Waals surface area contributed by atoms with Gasteiger partial charge in [-0.1, -0.05) is 6.08 Å². The molecule has 0 bridgehead atoms. The molecule has 8 heteroatoms. The minimum Gasteiger partial charge on any atom is -0.861 e. The van der Waals surface area contributed by atoms with Crippen LogP contribution in [0.2, 0.25) is 0 Å². The Kier molecular flexibility index (Phi) is 33.1. The van der Waals surface area contributed by atoms with Gasteiger partial charge < -0.3 is 18.8 Å². The summed E-state index contributed by atoms with van der Waals surface area (Å²) < 4.78 is 3.73. The Balaban J connectivity index is -0.0000000817. The molecule has 0 saturated heterocycles. The summed E-state index contributed by atoms with van der Waals surface area (Å²) >= 11 is 0. The Morgan fingerprint density at radius 2 is 1.55 bits per heavy atom. The fraction of sp³-hybridized carbons (Fsp3) is 0.333. The first-order chi connectivity index (χ1) is 3.56. The van der Waals surface area contributed by atoms with Crippen LogP contribution in [-0.4, -0.2) is 15.7 Å². The molecule has 0 aliphatic heterocycles. The molecule has 0 heterocycles. The van der Waals surface area contributed by atoms with Crippen LogP contribution in [0.1, 0.15) is 0 Å². The summed E-state index contributed by atoms with van der Waals surface area (Å²) in [6.07, 6.45) is 1.19. The van der Waals surface area contributed by atoms with E-state index in [2.05, 4.69) is 11.0 Å². The quantitative estimate of drug-likeness (QED) is 0.368. The Hall–Kier alpha value is 4.71. The molecule has 0 aromatic carbocycles. The van der Waals surface area contributed by atoms with Crippen molar-refractivity contribution in [1.82, 2.24) is 0 Å². The molecule has 0 atom stereocenters. The van der Waals surface area contributed by atoms with E-state index in [1.807, 2.05) is 0 Å². The molecule has 0 aromatic rings. The maximum atomic E-state index is 9.62. The molecular formula is C3H5K3O4Si. The molecule has 0 rings (SSSR count). The first-order valence-corrected chi connectivity index (χ1v) is 3.55. The van der Waals surface area contributed by atoms with Gasteiger partial charge in [-0.05, 0) is 0 Å². The van der Waals surface area contributed by atoms with Crippen LogP contribution in [-0.2, 0) is 4.43 Å². The second-order valence-electron chi connectivity index (χ2n) is 1.10. The summed E-state index contributed by atoms with van der Waals surface area (Å²) in [4.78, 5) is 28.9. The summed E-state index contributed by atoms with van der Waals surface area (Å²) in [7, 11) is -5.00. The second-order valence-corrected chi connectivity index (χ2v) is 2.39. The third kappa shape index (κ3) is 25.2. The van der Waals surface area contributed by atoms with E-state index in [0.29, 0.717) is 0 Å². The average molecular weight is 250 g/mol. The van der Waals surface area contributed by atoms with Crippen molar-refractivity contribution in [1.29, 1.82) is 0 Å². The summed E-state index contributed by atoms with van der Waals surface area (Å²) in [6, 6.07) is 0. The predicted molar refractivity (Wildman–Crippen MR) is 21.9 cm³/mol. The van der Waals surface area contributed by atoms with E-state index in [9.17, 15) is 14.4 Å². The van der Waals surface area contributed by atoms with Crippen molar-refractivity contribution in [2.45, 2.75) is 0 Å². The number of hydrogen-bond donors (Lipinski definition) is 0. The van der Waals surface area contributed by atoms with Gasteiger partial charge >= 0.3 is 154 Å². The van der Waals surface area contributed by atoms with Crippen LogP contribution in [0.3, 0.4) is 0 Å². The summed E-state index contributed by atoms with van der Waals surface area (Å²) in [5, 5.41) is 0. The van der Waals surface area contributed by atoms with E-state index in [4.69, 9.17) is 0 Å². The van der Waals surface area contributed by atoms with Gasteiger partial charge in [-0.2, -0.15) is 0 Å². The van der Waals surface area contributed by atoms with Crippen molar-refractivity contribution in [3.8, 4) is 0 Å². The monoisotopic (exact) mass is 250 g/mol. The number of rotatable bonds is 3. The molecule has 0 amide bonds. The third-order valence-electron chi connectivity index (χ3n) is 0.378. The molecule has 0 spiro atoms. The van der Waals surface area contributed by atoms with Crippen molar-refractivity contribution in [3.63, 3.8) is 0 Å². The Bertz CT molecular complexity index is 85.1. The van der Waals surface area contributed by atoms with Gasteiger partial charge in [-0.3, -0.25) is 0 Å². The molecule has 0 fully saturated rings. The van der Waals surface area contributed by atoms with Crippen LogP contribution in [0, 0.1) is 0 Å². The van der Waals surface area contributed by atoms with Crippen LogP contribution in [0.25, 0.3) is 0 Å². The van der Waals surface area contributed by atoms with Gasteiger partial charge in [0, 0.05) is 6.61 Å². The van der Waals surface area contributed by atoms with Crippen LogP contribution in [0.15, 0.2) is 12.7 Å². The van der Waals surface area contributed by atoms with E-state index in [0.717, 1.165) is 0 Å². The summed E-state index contributed by atoms with van der Waals surface area (Å²) in [5.41, 5.74) is 0. The van der Waals surface area contributed by atoms with Crippen molar-refractivity contribution in [2.75, 3.05) is 6.61 Å². The van der Waals surface area contributed by atoms with Gasteiger partial charge in [-0.15, -0.1) is 15.6 Å². The minimum atomic E-state index is -5.00. The molecule has 0 unspecified atom stereocenters. The molecule has 0 radical (unpaired) electrons. The normalized spacial score (nSPS) is 8.27. The van der Waals surface area contributed by atoms with Gasteiger partial charge in [0.1, 0.15) is 0 Å². The standard InChI is InChI=1S/C3H5O4Si.3K/c1-2-3-7-8(4,5)6;;;/h2H,1,3H2;;;/q-3;3*+1. The van der Waals surface area contributed by atoms with E-state index >= 15 is 0 Å². The first kappa shape index (κ1) is 24.8. The van der Waals surface area contributed by atoms with Crippen molar-refractivity contribution >= 4 is 9.05 Å². The zero-order chi connectivity index (χ0) is 6.62. The third-order valence-corrected chi connectivity index (χ3v) is 0.898. The van der Waals surface area contributed by atoms with Crippen LogP contribution >= 0.6 is 0 Å². The van der Waals surface area contributed by atoms with Gasteiger partial charge in [0.15, 0.2) is 0 Å². The van der Waals surface area contributed by atoms with E-state index in [-0.39, 0.29) is 161 Å². The van der Waals surface area contributed by atoms with Gasteiger partial charge in [0.25, 0.3) is 0 Å². The van der Waals surface area contributed by atoms with Gasteiger partial charge in [-0.25, -0.2) is 0 Å². The topological polar surface area (TPSA) is 78.4 Å². The van der Waals surface area contributed by atoms with Crippen LogP contribution in [0.5, 0.6) is 0 Å². The maximum absolute atomic E-state index is 9.62. The maximum Gasteiger partial charge on any atom is 1.00 e. The Labute approximate surface area is 195 Å². The molecule has 0 aliphatic carbocycles. The fourth-order valence-corrected chi connectivity index (χ4v) is 0.483. The molecule has 0 saturated carbocycles. The smallest absolute Gasteiger partial charge is 0.861 e. The first-order valence-electron chi connectivity index (χ1n) is 1.92. The number of hydrogen-bond acceptors (Lipinski definition) is 4. The summed E-state index contributed by atoms with van der Waals surface area (Å²) in [6.45, 7) is 2.91. The molecule has 0 aliphatic rings. The molecule has 0 N–H and O–H groups in total. The molecule has 48 valence electrons. The van der Waals surface area contributed by atoms with E-state index < -0.39 is 9.05 Å². The zero-order valence-corrected chi connectivity index (χ0v) is 17.5. The SMILES string of the molecule is C=CCO[Si]([O-])([O-])[O-].[K+].[K+].[K+]. The predicted octanol–water partition coefficient (Wildman–Crippen LogP) is -12.3. The molecule has 4 nitrogen and oxygen atoms in total. The minimum absolute atomic E-state index is 0. The van der Waals surface area contributed by atoms with Crippen LogP contribution in [0.4, 0.5) is 0 Å². The second kappa shape index (κ2) is 14.7. The molecule has 0 aromatic heterocycles. The molecule has 11 heavy (non-hydrogen) atoms. The largest absolute Gasteiger partial charge is 1.00 e.